The molecule has 1 amide bonds. The molecule has 2 rings (SSSR count). The summed E-state index contributed by atoms with van der Waals surface area (Å²) >= 11 is 1.53. The van der Waals surface area contributed by atoms with E-state index >= 15 is 0 Å². The van der Waals surface area contributed by atoms with Crippen LogP contribution < -0.4 is 10.1 Å². The SMILES string of the molecule is COc1cccc(CCCNC(=O)CSCc2ccc(F)cc2)c1. The molecule has 2 aromatic carbocycles. The van der Waals surface area contributed by atoms with Gasteiger partial charge in [-0.15, -0.1) is 11.8 Å². The van der Waals surface area contributed by atoms with E-state index in [2.05, 4.69) is 11.4 Å². The lowest BCUT2D eigenvalue weighted by atomic mass is 10.1. The third kappa shape index (κ3) is 6.62. The summed E-state index contributed by atoms with van der Waals surface area (Å²) in [7, 11) is 1.66. The minimum Gasteiger partial charge on any atom is -0.497 e. The van der Waals surface area contributed by atoms with E-state index in [-0.39, 0.29) is 11.7 Å². The summed E-state index contributed by atoms with van der Waals surface area (Å²) in [5.74, 6) is 1.77. The highest BCUT2D eigenvalue weighted by Crippen LogP contribution is 2.14. The molecule has 0 aromatic heterocycles. The number of benzene rings is 2. The highest BCUT2D eigenvalue weighted by molar-refractivity contribution is 7.99. The summed E-state index contributed by atoms with van der Waals surface area (Å²) in [4.78, 5) is 11.8. The third-order valence-corrected chi connectivity index (χ3v) is 4.52. The van der Waals surface area contributed by atoms with Crippen molar-refractivity contribution in [1.82, 2.24) is 5.32 Å². The van der Waals surface area contributed by atoms with Crippen molar-refractivity contribution < 1.29 is 13.9 Å². The third-order valence-electron chi connectivity index (χ3n) is 3.51. The quantitative estimate of drug-likeness (QED) is 0.701. The normalized spacial score (nSPS) is 10.4. The molecule has 0 saturated carbocycles. The molecule has 0 fully saturated rings. The molecular weight excluding hydrogens is 325 g/mol. The van der Waals surface area contributed by atoms with Crippen molar-refractivity contribution in [1.29, 1.82) is 0 Å². The molecular formula is C19H22FNO2S. The fourth-order valence-electron chi connectivity index (χ4n) is 2.24. The van der Waals surface area contributed by atoms with E-state index in [4.69, 9.17) is 4.74 Å². The number of hydrogen-bond donors (Lipinski definition) is 1. The maximum atomic E-state index is 12.8. The number of carbonyl (C=O) groups excluding carboxylic acids is 1. The van der Waals surface area contributed by atoms with E-state index in [1.54, 1.807) is 19.2 Å². The average molecular weight is 347 g/mol. The number of aryl methyl sites for hydroxylation is 1. The number of ether oxygens (including phenoxy) is 1. The molecule has 0 saturated heterocycles. The van der Waals surface area contributed by atoms with Crippen LogP contribution in [0.1, 0.15) is 17.5 Å². The maximum absolute atomic E-state index is 12.8. The van der Waals surface area contributed by atoms with Crippen molar-refractivity contribution in [3.05, 3.63) is 65.5 Å². The van der Waals surface area contributed by atoms with E-state index in [1.165, 1.54) is 29.5 Å². The van der Waals surface area contributed by atoms with Gasteiger partial charge >= 0.3 is 0 Å². The van der Waals surface area contributed by atoms with Crippen LogP contribution in [0.4, 0.5) is 4.39 Å². The lowest BCUT2D eigenvalue weighted by Crippen LogP contribution is -2.26. The number of methoxy groups -OCH3 is 1. The molecule has 0 heterocycles. The second kappa shape index (κ2) is 9.98. The largest absolute Gasteiger partial charge is 0.497 e. The van der Waals surface area contributed by atoms with Gasteiger partial charge in [-0.25, -0.2) is 4.39 Å². The van der Waals surface area contributed by atoms with Gasteiger partial charge in [0.25, 0.3) is 0 Å². The molecule has 128 valence electrons. The molecule has 2 aromatic rings. The van der Waals surface area contributed by atoms with Crippen molar-refractivity contribution in [2.24, 2.45) is 0 Å². The van der Waals surface area contributed by atoms with Crippen LogP contribution >= 0.6 is 11.8 Å². The first kappa shape index (κ1) is 18.3. The van der Waals surface area contributed by atoms with Crippen LogP contribution in [-0.2, 0) is 17.0 Å². The van der Waals surface area contributed by atoms with Gasteiger partial charge in [0.2, 0.25) is 5.91 Å². The van der Waals surface area contributed by atoms with Crippen LogP contribution in [0, 0.1) is 5.82 Å². The van der Waals surface area contributed by atoms with Crippen LogP contribution in [-0.4, -0.2) is 25.3 Å². The molecule has 24 heavy (non-hydrogen) atoms. The Bertz CT molecular complexity index is 646. The molecule has 0 bridgehead atoms. The number of carbonyl (C=O) groups is 1. The van der Waals surface area contributed by atoms with Gasteiger partial charge in [-0.2, -0.15) is 0 Å². The Morgan fingerprint density at radius 3 is 2.71 bits per heavy atom. The minimum atomic E-state index is -0.238. The number of thioether (sulfide) groups is 1. The van der Waals surface area contributed by atoms with Crippen LogP contribution in [0.25, 0.3) is 0 Å². The van der Waals surface area contributed by atoms with Crippen LogP contribution in [0.2, 0.25) is 0 Å². The number of hydrogen-bond acceptors (Lipinski definition) is 3. The standard InChI is InChI=1S/C19H22FNO2S/c1-23-18-6-2-4-15(12-18)5-3-11-21-19(22)14-24-13-16-7-9-17(20)10-8-16/h2,4,6-10,12H,3,5,11,13-14H2,1H3,(H,21,22). The highest BCUT2D eigenvalue weighted by atomic mass is 32.2. The van der Waals surface area contributed by atoms with E-state index in [0.29, 0.717) is 18.1 Å². The fraction of sp³-hybridized carbons (Fsp3) is 0.316. The predicted molar refractivity (Wildman–Crippen MR) is 96.9 cm³/mol. The summed E-state index contributed by atoms with van der Waals surface area (Å²) < 4.78 is 18.0. The summed E-state index contributed by atoms with van der Waals surface area (Å²) in [6, 6.07) is 14.3. The molecule has 1 N–H and O–H groups in total. The topological polar surface area (TPSA) is 38.3 Å². The average Bonchev–Trinajstić information content (AvgIpc) is 2.61. The molecule has 0 radical (unpaired) electrons. The number of amides is 1. The van der Waals surface area contributed by atoms with Gasteiger partial charge in [0.1, 0.15) is 11.6 Å². The summed E-state index contributed by atoms with van der Waals surface area (Å²) in [5.41, 5.74) is 2.22. The van der Waals surface area contributed by atoms with E-state index < -0.39 is 0 Å². The molecule has 0 atom stereocenters. The Balaban J connectivity index is 1.58. The van der Waals surface area contributed by atoms with Crippen molar-refractivity contribution in [3.8, 4) is 5.75 Å². The molecule has 3 nitrogen and oxygen atoms in total. The van der Waals surface area contributed by atoms with Gasteiger partial charge in [-0.3, -0.25) is 4.79 Å². The van der Waals surface area contributed by atoms with E-state index in [0.717, 1.165) is 24.2 Å². The zero-order chi connectivity index (χ0) is 17.2. The first-order valence-electron chi connectivity index (χ1n) is 7.89. The van der Waals surface area contributed by atoms with Gasteiger partial charge in [0.15, 0.2) is 0 Å². The van der Waals surface area contributed by atoms with Gasteiger partial charge < -0.3 is 10.1 Å². The first-order chi connectivity index (χ1) is 11.7. The smallest absolute Gasteiger partial charge is 0.230 e. The maximum Gasteiger partial charge on any atom is 0.230 e. The minimum absolute atomic E-state index is 0.0350. The first-order valence-corrected chi connectivity index (χ1v) is 9.04. The van der Waals surface area contributed by atoms with Crippen molar-refractivity contribution in [3.63, 3.8) is 0 Å². The molecule has 5 heteroatoms. The zero-order valence-electron chi connectivity index (χ0n) is 13.8. The highest BCUT2D eigenvalue weighted by Gasteiger charge is 2.02. The summed E-state index contributed by atoms with van der Waals surface area (Å²) in [6.45, 7) is 0.660. The van der Waals surface area contributed by atoms with Gasteiger partial charge in [0, 0.05) is 12.3 Å². The molecule has 0 aliphatic heterocycles. The molecule has 0 aliphatic carbocycles. The number of nitrogens with one attached hydrogen (secondary N) is 1. The molecule has 0 spiro atoms. The lowest BCUT2D eigenvalue weighted by molar-refractivity contribution is -0.118. The van der Waals surface area contributed by atoms with Gasteiger partial charge in [-0.1, -0.05) is 24.3 Å². The Labute approximate surface area is 146 Å². The Hall–Kier alpha value is -2.01. The predicted octanol–water partition coefficient (Wildman–Crippen LogP) is 3.82. The summed E-state index contributed by atoms with van der Waals surface area (Å²) in [5, 5.41) is 2.93. The van der Waals surface area contributed by atoms with Crippen LogP contribution in [0.15, 0.2) is 48.5 Å². The van der Waals surface area contributed by atoms with E-state index in [1.807, 2.05) is 18.2 Å². The van der Waals surface area contributed by atoms with Crippen LogP contribution in [0.3, 0.4) is 0 Å². The lowest BCUT2D eigenvalue weighted by Gasteiger charge is -2.07. The fourth-order valence-corrected chi connectivity index (χ4v) is 3.06. The molecule has 0 unspecified atom stereocenters. The molecule has 0 aliphatic rings. The van der Waals surface area contributed by atoms with Crippen molar-refractivity contribution in [2.45, 2.75) is 18.6 Å². The second-order valence-corrected chi connectivity index (χ2v) is 6.41. The Morgan fingerprint density at radius 2 is 1.96 bits per heavy atom. The van der Waals surface area contributed by atoms with Crippen molar-refractivity contribution >= 4 is 17.7 Å². The van der Waals surface area contributed by atoms with Gasteiger partial charge in [-0.05, 0) is 48.2 Å². The summed E-state index contributed by atoms with van der Waals surface area (Å²) in [6.07, 6.45) is 1.79. The van der Waals surface area contributed by atoms with Crippen LogP contribution in [0.5, 0.6) is 5.75 Å². The van der Waals surface area contributed by atoms with Crippen molar-refractivity contribution in [2.75, 3.05) is 19.4 Å². The second-order valence-electron chi connectivity index (χ2n) is 5.42. The van der Waals surface area contributed by atoms with Gasteiger partial charge in [0.05, 0.1) is 12.9 Å². The Kier molecular flexibility index (Phi) is 7.62. The Morgan fingerprint density at radius 1 is 1.17 bits per heavy atom. The number of halogens is 1. The number of rotatable bonds is 9. The zero-order valence-corrected chi connectivity index (χ0v) is 14.6. The van der Waals surface area contributed by atoms with E-state index in [9.17, 15) is 9.18 Å². The monoisotopic (exact) mass is 347 g/mol.